The van der Waals surface area contributed by atoms with Crippen LogP contribution in [0.2, 0.25) is 5.02 Å². The third-order valence-electron chi connectivity index (χ3n) is 5.63. The van der Waals surface area contributed by atoms with Crippen LogP contribution in [0.5, 0.6) is 11.5 Å². The molecule has 1 aliphatic rings. The van der Waals surface area contributed by atoms with E-state index in [4.69, 9.17) is 26.1 Å². The molecule has 0 saturated heterocycles. The van der Waals surface area contributed by atoms with Crippen LogP contribution >= 0.6 is 23.4 Å². The summed E-state index contributed by atoms with van der Waals surface area (Å²) in [6.07, 6.45) is 0. The molecule has 7 nitrogen and oxygen atoms in total. The molecule has 3 aromatic carbocycles. The molecule has 1 amide bonds. The standard InChI is InChI=1S/C25H20ClN3O4S/c1-14-6-5-9-20(15(14)2)29-24(31)16-7-3-4-8-18(16)28-25(29)34-12-23(30)27-19-11-22-21(10-17(19)26)32-13-33-22/h3-11H,12-13H2,1-2H3,(H,27,30). The number of carbonyl (C=O) groups excluding carboxylic acids is 1. The highest BCUT2D eigenvalue weighted by Gasteiger charge is 2.19. The fourth-order valence-corrected chi connectivity index (χ4v) is 4.74. The minimum Gasteiger partial charge on any atom is -0.454 e. The molecule has 5 rings (SSSR count). The minimum atomic E-state index is -0.291. The predicted molar refractivity (Wildman–Crippen MR) is 134 cm³/mol. The van der Waals surface area contributed by atoms with E-state index in [0.29, 0.717) is 38.3 Å². The van der Waals surface area contributed by atoms with E-state index in [1.165, 1.54) is 11.8 Å². The van der Waals surface area contributed by atoms with Crippen molar-refractivity contribution in [2.24, 2.45) is 0 Å². The van der Waals surface area contributed by atoms with Crippen molar-refractivity contribution < 1.29 is 14.3 Å². The molecule has 4 aromatic rings. The largest absolute Gasteiger partial charge is 0.454 e. The number of para-hydroxylation sites is 1. The quantitative estimate of drug-likeness (QED) is 0.307. The Labute approximate surface area is 204 Å². The summed E-state index contributed by atoms with van der Waals surface area (Å²) in [5, 5.41) is 4.10. The summed E-state index contributed by atoms with van der Waals surface area (Å²) in [5.41, 5.74) is 3.60. The predicted octanol–water partition coefficient (Wildman–Crippen LogP) is 5.12. The first-order valence-corrected chi connectivity index (χ1v) is 11.9. The van der Waals surface area contributed by atoms with Gasteiger partial charge in [0.2, 0.25) is 12.7 Å². The number of nitrogens with one attached hydrogen (secondary N) is 1. The number of rotatable bonds is 5. The van der Waals surface area contributed by atoms with Crippen LogP contribution in [0.3, 0.4) is 0 Å². The van der Waals surface area contributed by atoms with E-state index >= 15 is 0 Å². The molecular weight excluding hydrogens is 474 g/mol. The summed E-state index contributed by atoms with van der Waals surface area (Å²) >= 11 is 7.46. The lowest BCUT2D eigenvalue weighted by atomic mass is 10.1. The number of thioether (sulfide) groups is 1. The lowest BCUT2D eigenvalue weighted by molar-refractivity contribution is -0.113. The molecule has 0 aliphatic carbocycles. The van der Waals surface area contributed by atoms with Crippen molar-refractivity contribution in [2.45, 2.75) is 19.0 Å². The zero-order valence-corrected chi connectivity index (χ0v) is 20.0. The molecule has 1 aliphatic heterocycles. The van der Waals surface area contributed by atoms with E-state index in [1.807, 2.05) is 44.2 Å². The fourth-order valence-electron chi connectivity index (χ4n) is 3.73. The monoisotopic (exact) mass is 493 g/mol. The van der Waals surface area contributed by atoms with Gasteiger partial charge in [0.25, 0.3) is 5.56 Å². The van der Waals surface area contributed by atoms with Gasteiger partial charge in [0.15, 0.2) is 16.7 Å². The van der Waals surface area contributed by atoms with Crippen molar-refractivity contribution >= 4 is 45.9 Å². The fraction of sp³-hybridized carbons (Fsp3) is 0.160. The van der Waals surface area contributed by atoms with Crippen molar-refractivity contribution in [2.75, 3.05) is 17.9 Å². The molecule has 0 bridgehead atoms. The maximum Gasteiger partial charge on any atom is 0.266 e. The van der Waals surface area contributed by atoms with Gasteiger partial charge in [-0.25, -0.2) is 4.98 Å². The first kappa shape index (κ1) is 22.3. The Morgan fingerprint density at radius 3 is 2.71 bits per heavy atom. The number of halogens is 1. The summed E-state index contributed by atoms with van der Waals surface area (Å²) in [7, 11) is 0. The number of ether oxygens (including phenoxy) is 2. The first-order chi connectivity index (χ1) is 16.4. The van der Waals surface area contributed by atoms with Crippen LogP contribution in [-0.4, -0.2) is 28.0 Å². The molecule has 9 heteroatoms. The molecule has 34 heavy (non-hydrogen) atoms. The number of hydrogen-bond donors (Lipinski definition) is 1. The highest BCUT2D eigenvalue weighted by atomic mass is 35.5. The Morgan fingerprint density at radius 1 is 1.12 bits per heavy atom. The number of anilines is 1. The second kappa shape index (κ2) is 9.04. The molecule has 2 heterocycles. The summed E-state index contributed by atoms with van der Waals surface area (Å²) in [5.74, 6) is 0.795. The van der Waals surface area contributed by atoms with Crippen molar-refractivity contribution in [1.82, 2.24) is 9.55 Å². The summed E-state index contributed by atoms with van der Waals surface area (Å²) in [6.45, 7) is 4.07. The van der Waals surface area contributed by atoms with Crippen molar-refractivity contribution in [3.05, 3.63) is 81.1 Å². The average molecular weight is 494 g/mol. The summed E-state index contributed by atoms with van der Waals surface area (Å²) in [4.78, 5) is 31.0. The van der Waals surface area contributed by atoms with Gasteiger partial charge in [-0.2, -0.15) is 0 Å². The SMILES string of the molecule is Cc1cccc(-n2c(SCC(=O)Nc3cc4c(cc3Cl)OCO4)nc3ccccc3c2=O)c1C. The topological polar surface area (TPSA) is 82.5 Å². The van der Waals surface area contributed by atoms with Crippen LogP contribution in [0.1, 0.15) is 11.1 Å². The number of carbonyl (C=O) groups is 1. The van der Waals surface area contributed by atoms with Crippen LogP contribution in [-0.2, 0) is 4.79 Å². The van der Waals surface area contributed by atoms with Gasteiger partial charge in [0, 0.05) is 12.1 Å². The average Bonchev–Trinajstić information content (AvgIpc) is 3.27. The van der Waals surface area contributed by atoms with Crippen molar-refractivity contribution in [3.63, 3.8) is 0 Å². The van der Waals surface area contributed by atoms with Gasteiger partial charge in [0.05, 0.1) is 33.1 Å². The van der Waals surface area contributed by atoms with Gasteiger partial charge in [-0.3, -0.25) is 14.2 Å². The molecule has 0 atom stereocenters. The third kappa shape index (κ3) is 4.10. The van der Waals surface area contributed by atoms with E-state index in [-0.39, 0.29) is 24.0 Å². The maximum atomic E-state index is 13.5. The molecule has 1 aromatic heterocycles. The number of aromatic nitrogens is 2. The molecule has 0 unspecified atom stereocenters. The van der Waals surface area contributed by atoms with E-state index in [9.17, 15) is 9.59 Å². The van der Waals surface area contributed by atoms with Crippen LogP contribution in [0.15, 0.2) is 64.5 Å². The van der Waals surface area contributed by atoms with Crippen molar-refractivity contribution in [3.8, 4) is 17.2 Å². The van der Waals surface area contributed by atoms with E-state index < -0.39 is 0 Å². The molecule has 1 N–H and O–H groups in total. The highest BCUT2D eigenvalue weighted by Crippen LogP contribution is 2.39. The third-order valence-corrected chi connectivity index (χ3v) is 6.88. The van der Waals surface area contributed by atoms with Gasteiger partial charge in [-0.05, 0) is 43.2 Å². The Morgan fingerprint density at radius 2 is 1.88 bits per heavy atom. The number of hydrogen-bond acceptors (Lipinski definition) is 6. The van der Waals surface area contributed by atoms with Crippen LogP contribution in [0.4, 0.5) is 5.69 Å². The normalized spacial score (nSPS) is 12.2. The molecule has 0 saturated carbocycles. The Hall–Kier alpha value is -3.49. The zero-order valence-electron chi connectivity index (χ0n) is 18.4. The highest BCUT2D eigenvalue weighted by molar-refractivity contribution is 7.99. The molecule has 0 radical (unpaired) electrons. The van der Waals surface area contributed by atoms with Gasteiger partial charge in [-0.15, -0.1) is 0 Å². The summed E-state index contributed by atoms with van der Waals surface area (Å²) < 4.78 is 12.2. The van der Waals surface area contributed by atoms with E-state index in [0.717, 1.165) is 16.8 Å². The Bertz CT molecular complexity index is 1500. The van der Waals surface area contributed by atoms with Gasteiger partial charge in [-0.1, -0.05) is 47.6 Å². The second-order valence-electron chi connectivity index (χ2n) is 7.79. The minimum absolute atomic E-state index is 0.0282. The van der Waals surface area contributed by atoms with Crippen LogP contribution in [0.25, 0.3) is 16.6 Å². The number of aryl methyl sites for hydroxylation is 1. The molecule has 172 valence electrons. The van der Waals surface area contributed by atoms with Crippen molar-refractivity contribution in [1.29, 1.82) is 0 Å². The van der Waals surface area contributed by atoms with Crippen LogP contribution in [0, 0.1) is 13.8 Å². The molecule has 0 spiro atoms. The maximum absolute atomic E-state index is 13.5. The van der Waals surface area contributed by atoms with E-state index in [2.05, 4.69) is 5.32 Å². The number of benzene rings is 3. The first-order valence-electron chi connectivity index (χ1n) is 10.5. The van der Waals surface area contributed by atoms with Gasteiger partial charge < -0.3 is 14.8 Å². The zero-order chi connectivity index (χ0) is 23.8. The Balaban J connectivity index is 1.47. The lowest BCUT2D eigenvalue weighted by Crippen LogP contribution is -2.23. The van der Waals surface area contributed by atoms with Gasteiger partial charge >= 0.3 is 0 Å². The number of nitrogens with zero attached hydrogens (tertiary/aromatic N) is 2. The molecule has 0 fully saturated rings. The van der Waals surface area contributed by atoms with E-state index in [1.54, 1.807) is 28.8 Å². The van der Waals surface area contributed by atoms with Gasteiger partial charge in [0.1, 0.15) is 0 Å². The van der Waals surface area contributed by atoms with Crippen LogP contribution < -0.4 is 20.3 Å². The molecular formula is C25H20ClN3O4S. The number of amides is 1. The second-order valence-corrected chi connectivity index (χ2v) is 9.14. The summed E-state index contributed by atoms with van der Waals surface area (Å²) in [6, 6.07) is 16.2. The lowest BCUT2D eigenvalue weighted by Gasteiger charge is -2.16. The smallest absolute Gasteiger partial charge is 0.266 e. The Kier molecular flexibility index (Phi) is 5.93. The number of fused-ring (bicyclic) bond motifs is 2.